The van der Waals surface area contributed by atoms with Gasteiger partial charge in [-0.25, -0.2) is 18.1 Å². The molecule has 1 amide bonds. The number of benzene rings is 2. The molecule has 0 bridgehead atoms. The van der Waals surface area contributed by atoms with Gasteiger partial charge in [0, 0.05) is 24.3 Å². The van der Waals surface area contributed by atoms with Crippen molar-refractivity contribution in [3.8, 4) is 17.0 Å². The summed E-state index contributed by atoms with van der Waals surface area (Å²) < 4.78 is 39.4. The summed E-state index contributed by atoms with van der Waals surface area (Å²) in [7, 11) is -1.27. The number of ether oxygens (including phenoxy) is 2. The number of pyridine rings is 2. The number of nitrogens with one attached hydrogen (secondary N) is 1. The van der Waals surface area contributed by atoms with Gasteiger partial charge in [0.15, 0.2) is 0 Å². The molecule has 1 aliphatic carbocycles. The van der Waals surface area contributed by atoms with E-state index in [1.807, 2.05) is 30.3 Å². The molecule has 9 heteroatoms. The summed E-state index contributed by atoms with van der Waals surface area (Å²) in [5, 5.41) is 0.800. The molecule has 0 aliphatic heterocycles. The van der Waals surface area contributed by atoms with Crippen molar-refractivity contribution in [3.05, 3.63) is 84.2 Å². The van der Waals surface area contributed by atoms with Crippen LogP contribution in [0.25, 0.3) is 22.2 Å². The smallest absolute Gasteiger partial charge is 0.283 e. The first-order chi connectivity index (χ1) is 16.9. The number of aromatic nitrogens is 2. The number of sulfonamides is 1. The fraction of sp³-hybridized carbons (Fsp3) is 0.192. The van der Waals surface area contributed by atoms with Crippen LogP contribution in [0.1, 0.15) is 28.9 Å². The maximum Gasteiger partial charge on any atom is 0.283 e. The van der Waals surface area contributed by atoms with Gasteiger partial charge in [-0.1, -0.05) is 24.3 Å². The lowest BCUT2D eigenvalue weighted by molar-refractivity contribution is 0.0786. The van der Waals surface area contributed by atoms with E-state index < -0.39 is 21.5 Å². The zero-order valence-electron chi connectivity index (χ0n) is 19.2. The first kappa shape index (κ1) is 22.9. The molecule has 1 N–H and O–H groups in total. The molecule has 1 aliphatic rings. The standard InChI is InChI=1S/C26H23N3O5S/c1-33-23-12-9-17(26(34-2)13-14-26)16-24(23)35(31,32)29-25(30)22-11-10-19-18(6-5-8-21(19)28-22)20-7-3-4-15-27-20/h3-12,15-16H,13-14H2,1-2H3,(H,29,30). The Bertz CT molecular complexity index is 1530. The summed E-state index contributed by atoms with van der Waals surface area (Å²) in [6.07, 6.45) is 3.29. The lowest BCUT2D eigenvalue weighted by atomic mass is 10.0. The lowest BCUT2D eigenvalue weighted by Gasteiger charge is -2.17. The van der Waals surface area contributed by atoms with Crippen LogP contribution in [0.2, 0.25) is 0 Å². The van der Waals surface area contributed by atoms with Crippen molar-refractivity contribution in [2.24, 2.45) is 0 Å². The zero-order chi connectivity index (χ0) is 24.6. The molecular formula is C26H23N3O5S. The fourth-order valence-electron chi connectivity index (χ4n) is 4.15. The van der Waals surface area contributed by atoms with Gasteiger partial charge in [0.05, 0.1) is 23.9 Å². The summed E-state index contributed by atoms with van der Waals surface area (Å²) in [5.41, 5.74) is 2.39. The summed E-state index contributed by atoms with van der Waals surface area (Å²) in [6.45, 7) is 0. The van der Waals surface area contributed by atoms with Gasteiger partial charge in [-0.05, 0) is 60.9 Å². The highest BCUT2D eigenvalue weighted by atomic mass is 32.2. The van der Waals surface area contributed by atoms with Crippen molar-refractivity contribution in [2.45, 2.75) is 23.3 Å². The van der Waals surface area contributed by atoms with Crippen LogP contribution >= 0.6 is 0 Å². The van der Waals surface area contributed by atoms with Gasteiger partial charge in [0.2, 0.25) is 0 Å². The number of hydrogen-bond acceptors (Lipinski definition) is 7. The maximum absolute atomic E-state index is 13.2. The molecule has 35 heavy (non-hydrogen) atoms. The monoisotopic (exact) mass is 489 g/mol. The summed E-state index contributed by atoms with van der Waals surface area (Å²) >= 11 is 0. The minimum Gasteiger partial charge on any atom is -0.495 e. The van der Waals surface area contributed by atoms with Gasteiger partial charge in [0.25, 0.3) is 15.9 Å². The van der Waals surface area contributed by atoms with Crippen molar-refractivity contribution in [2.75, 3.05) is 14.2 Å². The Balaban J connectivity index is 1.47. The highest BCUT2D eigenvalue weighted by Crippen LogP contribution is 2.49. The Morgan fingerprint density at radius 3 is 2.51 bits per heavy atom. The first-order valence-electron chi connectivity index (χ1n) is 11.0. The third-order valence-electron chi connectivity index (χ3n) is 6.21. The summed E-state index contributed by atoms with van der Waals surface area (Å²) in [6, 6.07) is 19.2. The minimum absolute atomic E-state index is 0.0232. The molecule has 2 aromatic carbocycles. The average Bonchev–Trinajstić information content (AvgIpc) is 3.69. The second-order valence-corrected chi connectivity index (χ2v) is 9.93. The molecule has 2 aromatic heterocycles. The number of carbonyl (C=O) groups is 1. The van der Waals surface area contributed by atoms with Gasteiger partial charge in [-0.3, -0.25) is 9.78 Å². The predicted molar refractivity (Wildman–Crippen MR) is 131 cm³/mol. The summed E-state index contributed by atoms with van der Waals surface area (Å²) in [5.74, 6) is -0.706. The average molecular weight is 490 g/mol. The van der Waals surface area contributed by atoms with Crippen molar-refractivity contribution >= 4 is 26.8 Å². The molecule has 178 valence electrons. The molecule has 1 fully saturated rings. The van der Waals surface area contributed by atoms with E-state index in [4.69, 9.17) is 9.47 Å². The van der Waals surface area contributed by atoms with Crippen molar-refractivity contribution in [3.63, 3.8) is 0 Å². The normalized spacial score (nSPS) is 14.5. The van der Waals surface area contributed by atoms with Gasteiger partial charge < -0.3 is 9.47 Å². The van der Waals surface area contributed by atoms with Crippen LogP contribution < -0.4 is 9.46 Å². The summed E-state index contributed by atoms with van der Waals surface area (Å²) in [4.78, 5) is 21.6. The van der Waals surface area contributed by atoms with Crippen LogP contribution in [0, 0.1) is 0 Å². The van der Waals surface area contributed by atoms with Gasteiger partial charge in [-0.15, -0.1) is 0 Å². The van der Waals surface area contributed by atoms with E-state index in [0.29, 0.717) is 5.52 Å². The second-order valence-electron chi connectivity index (χ2n) is 8.28. The molecule has 8 nitrogen and oxygen atoms in total. The molecule has 0 spiro atoms. The topological polar surface area (TPSA) is 107 Å². The molecule has 4 aromatic rings. The predicted octanol–water partition coefficient (Wildman–Crippen LogP) is 4.06. The second kappa shape index (κ2) is 8.75. The molecular weight excluding hydrogens is 466 g/mol. The van der Waals surface area contributed by atoms with E-state index in [1.165, 1.54) is 19.2 Å². The highest BCUT2D eigenvalue weighted by Gasteiger charge is 2.45. The van der Waals surface area contributed by atoms with Crippen LogP contribution in [0.3, 0.4) is 0 Å². The maximum atomic E-state index is 13.2. The Morgan fingerprint density at radius 2 is 1.83 bits per heavy atom. The van der Waals surface area contributed by atoms with Crippen LogP contribution in [-0.4, -0.2) is 38.5 Å². The molecule has 0 unspecified atom stereocenters. The number of carbonyl (C=O) groups excluding carboxylic acids is 1. The SMILES string of the molecule is COc1ccc(C2(OC)CC2)cc1S(=O)(=O)NC(=O)c1ccc2c(-c3ccccn3)cccc2n1. The van der Waals surface area contributed by atoms with Crippen LogP contribution in [0.5, 0.6) is 5.75 Å². The van der Waals surface area contributed by atoms with Crippen molar-refractivity contribution in [1.82, 2.24) is 14.7 Å². The highest BCUT2D eigenvalue weighted by molar-refractivity contribution is 7.90. The molecule has 0 saturated heterocycles. The quantitative estimate of drug-likeness (QED) is 0.417. The van der Waals surface area contributed by atoms with E-state index in [9.17, 15) is 13.2 Å². The van der Waals surface area contributed by atoms with E-state index >= 15 is 0 Å². The lowest BCUT2D eigenvalue weighted by Crippen LogP contribution is -2.31. The minimum atomic E-state index is -4.25. The number of fused-ring (bicyclic) bond motifs is 1. The number of hydrogen-bond donors (Lipinski definition) is 1. The molecule has 0 atom stereocenters. The van der Waals surface area contributed by atoms with E-state index in [2.05, 4.69) is 14.7 Å². The largest absolute Gasteiger partial charge is 0.495 e. The van der Waals surface area contributed by atoms with E-state index in [-0.39, 0.29) is 16.3 Å². The molecule has 0 radical (unpaired) electrons. The van der Waals surface area contributed by atoms with Crippen molar-refractivity contribution in [1.29, 1.82) is 0 Å². The number of methoxy groups -OCH3 is 2. The van der Waals surface area contributed by atoms with Gasteiger partial charge in [0.1, 0.15) is 16.3 Å². The third-order valence-corrected chi connectivity index (χ3v) is 7.56. The van der Waals surface area contributed by atoms with Crippen LogP contribution in [0.4, 0.5) is 0 Å². The van der Waals surface area contributed by atoms with Gasteiger partial charge >= 0.3 is 0 Å². The molecule has 1 saturated carbocycles. The van der Waals surface area contributed by atoms with E-state index in [0.717, 1.165) is 35.0 Å². The van der Waals surface area contributed by atoms with Crippen molar-refractivity contribution < 1.29 is 22.7 Å². The fourth-order valence-corrected chi connectivity index (χ4v) is 5.31. The first-order valence-corrected chi connectivity index (χ1v) is 12.5. The van der Waals surface area contributed by atoms with Crippen LogP contribution in [0.15, 0.2) is 77.8 Å². The molecule has 2 heterocycles. The molecule has 5 rings (SSSR count). The Kier molecular flexibility index (Phi) is 5.74. The van der Waals surface area contributed by atoms with E-state index in [1.54, 1.807) is 37.6 Å². The Labute approximate surface area is 203 Å². The number of amides is 1. The third kappa shape index (κ3) is 4.24. The number of nitrogens with zero attached hydrogens (tertiary/aromatic N) is 2. The number of rotatable bonds is 7. The Morgan fingerprint density at radius 1 is 1.00 bits per heavy atom. The van der Waals surface area contributed by atoms with Gasteiger partial charge in [-0.2, -0.15) is 0 Å². The van der Waals surface area contributed by atoms with Crippen LogP contribution in [-0.2, 0) is 20.4 Å². The Hall–Kier alpha value is -3.82. The zero-order valence-corrected chi connectivity index (χ0v) is 20.0.